The van der Waals surface area contributed by atoms with Crippen molar-refractivity contribution in [3.63, 3.8) is 0 Å². The first kappa shape index (κ1) is 19.3. The van der Waals surface area contributed by atoms with Crippen LogP contribution in [0.1, 0.15) is 60.6 Å². The molecule has 1 fully saturated rings. The Hall–Kier alpha value is -2.05. The SMILES string of the molecule is Cc1sc2nc(C(C)C)n([C@@H]3CCCN(Cc4ccccn4)C3)c(=O)c2c1C. The van der Waals surface area contributed by atoms with Gasteiger partial charge in [-0.1, -0.05) is 19.9 Å². The van der Waals surface area contributed by atoms with Crippen molar-refractivity contribution in [3.8, 4) is 0 Å². The molecule has 28 heavy (non-hydrogen) atoms. The van der Waals surface area contributed by atoms with Crippen LogP contribution in [-0.4, -0.2) is 32.5 Å². The van der Waals surface area contributed by atoms with Gasteiger partial charge in [0.1, 0.15) is 10.7 Å². The number of likely N-dealkylation sites (tertiary alicyclic amines) is 1. The number of pyridine rings is 1. The highest BCUT2D eigenvalue weighted by Crippen LogP contribution is 2.30. The van der Waals surface area contributed by atoms with E-state index < -0.39 is 0 Å². The van der Waals surface area contributed by atoms with Crippen molar-refractivity contribution >= 4 is 21.6 Å². The molecule has 1 saturated heterocycles. The van der Waals surface area contributed by atoms with Crippen LogP contribution in [0.15, 0.2) is 29.2 Å². The molecule has 0 aromatic carbocycles. The van der Waals surface area contributed by atoms with Crippen molar-refractivity contribution in [2.24, 2.45) is 0 Å². The van der Waals surface area contributed by atoms with Gasteiger partial charge in [-0.2, -0.15) is 0 Å². The summed E-state index contributed by atoms with van der Waals surface area (Å²) < 4.78 is 2.01. The molecule has 1 atom stereocenters. The summed E-state index contributed by atoms with van der Waals surface area (Å²) in [5.74, 6) is 1.13. The van der Waals surface area contributed by atoms with E-state index in [9.17, 15) is 4.79 Å². The fourth-order valence-corrected chi connectivity index (χ4v) is 5.22. The zero-order chi connectivity index (χ0) is 19.8. The lowest BCUT2D eigenvalue weighted by Crippen LogP contribution is -2.41. The van der Waals surface area contributed by atoms with E-state index in [1.165, 1.54) is 4.88 Å². The Morgan fingerprint density at radius 2 is 2.11 bits per heavy atom. The maximum atomic E-state index is 13.6. The average molecular weight is 397 g/mol. The molecular weight excluding hydrogens is 368 g/mol. The lowest BCUT2D eigenvalue weighted by molar-refractivity contribution is 0.164. The highest BCUT2D eigenvalue weighted by Gasteiger charge is 2.27. The Labute approximate surface area is 170 Å². The monoisotopic (exact) mass is 396 g/mol. The summed E-state index contributed by atoms with van der Waals surface area (Å²) in [5.41, 5.74) is 2.31. The first-order valence-corrected chi connectivity index (χ1v) is 10.9. The molecule has 3 aromatic heterocycles. The Kier molecular flexibility index (Phi) is 5.34. The molecule has 1 aliphatic rings. The molecule has 1 aliphatic heterocycles. The van der Waals surface area contributed by atoms with Crippen LogP contribution in [-0.2, 0) is 6.54 Å². The second-order valence-corrected chi connectivity index (χ2v) is 9.32. The summed E-state index contributed by atoms with van der Waals surface area (Å²) >= 11 is 1.64. The van der Waals surface area contributed by atoms with Gasteiger partial charge in [0.25, 0.3) is 5.56 Å². The van der Waals surface area contributed by atoms with E-state index in [-0.39, 0.29) is 17.5 Å². The van der Waals surface area contributed by atoms with Gasteiger partial charge < -0.3 is 0 Å². The lowest BCUT2D eigenvalue weighted by Gasteiger charge is -2.34. The molecule has 0 spiro atoms. The van der Waals surface area contributed by atoms with Crippen molar-refractivity contribution in [2.45, 2.75) is 59.0 Å². The van der Waals surface area contributed by atoms with E-state index in [1.807, 2.05) is 29.8 Å². The Balaban J connectivity index is 1.72. The molecule has 0 unspecified atom stereocenters. The number of thiophene rings is 1. The Morgan fingerprint density at radius 1 is 1.29 bits per heavy atom. The van der Waals surface area contributed by atoms with Gasteiger partial charge in [-0.05, 0) is 50.9 Å². The molecule has 4 heterocycles. The van der Waals surface area contributed by atoms with E-state index in [1.54, 1.807) is 11.3 Å². The molecule has 0 radical (unpaired) electrons. The predicted octanol–water partition coefficient (Wildman–Crippen LogP) is 4.43. The van der Waals surface area contributed by atoms with E-state index >= 15 is 0 Å². The highest BCUT2D eigenvalue weighted by molar-refractivity contribution is 7.18. The van der Waals surface area contributed by atoms with E-state index in [0.717, 1.165) is 59.8 Å². The number of hydrogen-bond donors (Lipinski definition) is 0. The largest absolute Gasteiger partial charge is 0.295 e. The van der Waals surface area contributed by atoms with Gasteiger partial charge >= 0.3 is 0 Å². The Morgan fingerprint density at radius 3 is 2.82 bits per heavy atom. The van der Waals surface area contributed by atoms with Crippen LogP contribution in [0.2, 0.25) is 0 Å². The number of rotatable bonds is 4. The molecule has 0 amide bonds. The molecule has 0 aliphatic carbocycles. The molecule has 3 aromatic rings. The Bertz CT molecular complexity index is 1040. The second-order valence-electron chi connectivity index (χ2n) is 8.12. The van der Waals surface area contributed by atoms with Crippen molar-refractivity contribution < 1.29 is 0 Å². The average Bonchev–Trinajstić information content (AvgIpc) is 2.97. The summed E-state index contributed by atoms with van der Waals surface area (Å²) in [5, 5.41) is 0.814. The minimum absolute atomic E-state index is 0.139. The van der Waals surface area contributed by atoms with Crippen LogP contribution >= 0.6 is 11.3 Å². The molecule has 4 rings (SSSR count). The van der Waals surface area contributed by atoms with Gasteiger partial charge in [0.05, 0.1) is 17.1 Å². The van der Waals surface area contributed by atoms with Crippen molar-refractivity contribution in [3.05, 3.63) is 56.7 Å². The summed E-state index contributed by atoms with van der Waals surface area (Å²) in [4.78, 5) is 27.5. The minimum atomic E-state index is 0.139. The van der Waals surface area contributed by atoms with Crippen molar-refractivity contribution in [1.82, 2.24) is 19.4 Å². The normalized spacial score (nSPS) is 18.2. The van der Waals surface area contributed by atoms with E-state index in [2.05, 4.69) is 36.7 Å². The van der Waals surface area contributed by atoms with Crippen LogP contribution in [0.4, 0.5) is 0 Å². The van der Waals surface area contributed by atoms with Crippen LogP contribution in [0.25, 0.3) is 10.2 Å². The molecule has 0 N–H and O–H groups in total. The van der Waals surface area contributed by atoms with Gasteiger partial charge in [-0.15, -0.1) is 11.3 Å². The third-order valence-corrected chi connectivity index (χ3v) is 6.84. The van der Waals surface area contributed by atoms with Gasteiger partial charge in [-0.25, -0.2) is 4.98 Å². The molecule has 0 saturated carbocycles. The van der Waals surface area contributed by atoms with Crippen LogP contribution in [0.3, 0.4) is 0 Å². The molecule has 5 nitrogen and oxygen atoms in total. The topological polar surface area (TPSA) is 51.0 Å². The smallest absolute Gasteiger partial charge is 0.262 e. The number of hydrogen-bond acceptors (Lipinski definition) is 5. The zero-order valence-corrected chi connectivity index (χ0v) is 17.9. The number of fused-ring (bicyclic) bond motifs is 1. The van der Waals surface area contributed by atoms with E-state index in [4.69, 9.17) is 4.98 Å². The van der Waals surface area contributed by atoms with Gasteiger partial charge in [-0.3, -0.25) is 19.2 Å². The zero-order valence-electron chi connectivity index (χ0n) is 17.1. The maximum Gasteiger partial charge on any atom is 0.262 e. The van der Waals surface area contributed by atoms with Crippen LogP contribution < -0.4 is 5.56 Å². The molecule has 148 valence electrons. The number of piperidine rings is 1. The molecule has 0 bridgehead atoms. The fourth-order valence-electron chi connectivity index (χ4n) is 4.19. The number of aromatic nitrogens is 3. The first-order valence-electron chi connectivity index (χ1n) is 10.1. The third kappa shape index (κ3) is 3.51. The number of aryl methyl sites for hydroxylation is 2. The van der Waals surface area contributed by atoms with Crippen molar-refractivity contribution in [2.75, 3.05) is 13.1 Å². The minimum Gasteiger partial charge on any atom is -0.295 e. The summed E-state index contributed by atoms with van der Waals surface area (Å²) in [6, 6.07) is 6.22. The van der Waals surface area contributed by atoms with Crippen LogP contribution in [0.5, 0.6) is 0 Å². The number of nitrogens with zero attached hydrogens (tertiary/aromatic N) is 4. The van der Waals surface area contributed by atoms with Crippen LogP contribution in [0, 0.1) is 13.8 Å². The summed E-state index contributed by atoms with van der Waals surface area (Å²) in [7, 11) is 0. The quantitative estimate of drug-likeness (QED) is 0.655. The lowest BCUT2D eigenvalue weighted by atomic mass is 10.0. The summed E-state index contributed by atoms with van der Waals surface area (Å²) in [6.45, 7) is 11.1. The van der Waals surface area contributed by atoms with Crippen molar-refractivity contribution in [1.29, 1.82) is 0 Å². The van der Waals surface area contributed by atoms with E-state index in [0.29, 0.717) is 0 Å². The van der Waals surface area contributed by atoms with Gasteiger partial charge in [0.15, 0.2) is 0 Å². The maximum absolute atomic E-state index is 13.6. The summed E-state index contributed by atoms with van der Waals surface area (Å²) in [6.07, 6.45) is 3.95. The fraction of sp³-hybridized carbons (Fsp3) is 0.500. The second kappa shape index (κ2) is 7.76. The molecule has 6 heteroatoms. The third-order valence-electron chi connectivity index (χ3n) is 5.74. The first-order chi connectivity index (χ1) is 13.5. The predicted molar refractivity (Wildman–Crippen MR) is 115 cm³/mol. The standard InChI is InChI=1S/C22H28N4OS/c1-14(2)20-24-21-19(15(3)16(4)28-21)22(27)26(20)18-9-7-11-25(13-18)12-17-8-5-6-10-23-17/h5-6,8,10,14,18H,7,9,11-13H2,1-4H3/t18-/m1/s1. The van der Waals surface area contributed by atoms with Gasteiger partial charge in [0.2, 0.25) is 0 Å². The van der Waals surface area contributed by atoms with Gasteiger partial charge in [0, 0.05) is 30.1 Å². The molecular formula is C22H28N4OS. The highest BCUT2D eigenvalue weighted by atomic mass is 32.1.